The van der Waals surface area contributed by atoms with Crippen molar-refractivity contribution in [3.8, 4) is 0 Å². The number of nitrogen functional groups attached to an aromatic ring is 1. The highest BCUT2D eigenvalue weighted by Crippen LogP contribution is 2.29. The summed E-state index contributed by atoms with van der Waals surface area (Å²) in [5.74, 6) is 6.24. The number of hydrogen-bond donors (Lipinski definition) is 2. The molecule has 0 saturated carbocycles. The van der Waals surface area contributed by atoms with Gasteiger partial charge in [-0.15, -0.1) is 0 Å². The minimum absolute atomic E-state index is 0.752. The lowest BCUT2D eigenvalue weighted by Crippen LogP contribution is -2.21. The van der Waals surface area contributed by atoms with Gasteiger partial charge >= 0.3 is 0 Å². The van der Waals surface area contributed by atoms with Gasteiger partial charge in [-0.2, -0.15) is 0 Å². The highest BCUT2D eigenvalue weighted by molar-refractivity contribution is 5.59. The molecule has 3 N–H and O–H groups in total. The molecular weight excluding hydrogens is 224 g/mol. The van der Waals surface area contributed by atoms with Crippen LogP contribution in [0.15, 0.2) is 42.6 Å². The van der Waals surface area contributed by atoms with Crippen LogP contribution in [-0.2, 0) is 13.0 Å². The van der Waals surface area contributed by atoms with Crippen molar-refractivity contribution in [3.05, 3.63) is 53.7 Å². The molecule has 0 unspecified atom stereocenters. The third-order valence-electron chi connectivity index (χ3n) is 3.37. The highest BCUT2D eigenvalue weighted by atomic mass is 15.3. The van der Waals surface area contributed by atoms with Gasteiger partial charge < -0.3 is 10.3 Å². The maximum absolute atomic E-state index is 5.49. The summed E-state index contributed by atoms with van der Waals surface area (Å²) in [6.45, 7) is 1.89. The molecule has 1 aromatic carbocycles. The quantitative estimate of drug-likeness (QED) is 0.636. The molecule has 92 valence electrons. The van der Waals surface area contributed by atoms with Crippen LogP contribution in [0.25, 0.3) is 0 Å². The lowest BCUT2D eigenvalue weighted by Gasteiger charge is -2.20. The molecule has 0 bridgehead atoms. The van der Waals surface area contributed by atoms with Crippen LogP contribution in [0, 0.1) is 0 Å². The van der Waals surface area contributed by atoms with Gasteiger partial charge in [0.1, 0.15) is 5.82 Å². The van der Waals surface area contributed by atoms with E-state index in [2.05, 4.69) is 45.6 Å². The molecule has 0 radical (unpaired) electrons. The fraction of sp³-hybridized carbons (Fsp3) is 0.214. The number of aromatic nitrogens is 1. The second-order valence-electron chi connectivity index (χ2n) is 4.46. The lowest BCUT2D eigenvalue weighted by molar-refractivity contribution is 0.833. The van der Waals surface area contributed by atoms with Crippen molar-refractivity contribution in [2.45, 2.75) is 13.0 Å². The van der Waals surface area contributed by atoms with E-state index in [1.165, 1.54) is 11.3 Å². The highest BCUT2D eigenvalue weighted by Gasteiger charge is 2.19. The molecule has 0 saturated heterocycles. The Morgan fingerprint density at radius 1 is 1.22 bits per heavy atom. The van der Waals surface area contributed by atoms with E-state index in [-0.39, 0.29) is 0 Å². The van der Waals surface area contributed by atoms with Crippen LogP contribution in [0.2, 0.25) is 0 Å². The zero-order valence-electron chi connectivity index (χ0n) is 10.1. The SMILES string of the molecule is NNc1ncccc1CN1CCc2ccccc21. The average molecular weight is 240 g/mol. The Hall–Kier alpha value is -2.07. The van der Waals surface area contributed by atoms with Crippen LogP contribution in [0.1, 0.15) is 11.1 Å². The third kappa shape index (κ3) is 1.91. The number of fused-ring (bicyclic) bond motifs is 1. The van der Waals surface area contributed by atoms with Crippen LogP contribution >= 0.6 is 0 Å². The second kappa shape index (κ2) is 4.66. The number of para-hydroxylation sites is 1. The van der Waals surface area contributed by atoms with Crippen molar-refractivity contribution < 1.29 is 0 Å². The maximum atomic E-state index is 5.49. The monoisotopic (exact) mass is 240 g/mol. The Balaban J connectivity index is 1.86. The Morgan fingerprint density at radius 3 is 3.00 bits per heavy atom. The summed E-state index contributed by atoms with van der Waals surface area (Å²) in [5.41, 5.74) is 6.52. The van der Waals surface area contributed by atoms with Gasteiger partial charge in [0.2, 0.25) is 0 Å². The van der Waals surface area contributed by atoms with Gasteiger partial charge in [0.25, 0.3) is 0 Å². The van der Waals surface area contributed by atoms with E-state index in [9.17, 15) is 0 Å². The maximum Gasteiger partial charge on any atom is 0.144 e. The number of hydrazine groups is 1. The zero-order valence-corrected chi connectivity index (χ0v) is 10.1. The standard InChI is InChI=1S/C14H16N4/c15-17-14-12(5-3-8-16-14)10-18-9-7-11-4-1-2-6-13(11)18/h1-6,8H,7,9-10,15H2,(H,16,17). The number of anilines is 2. The molecule has 2 aromatic rings. The molecule has 4 heteroatoms. The third-order valence-corrected chi connectivity index (χ3v) is 3.37. The van der Waals surface area contributed by atoms with Crippen LogP contribution in [0.3, 0.4) is 0 Å². The topological polar surface area (TPSA) is 54.2 Å². The van der Waals surface area contributed by atoms with Gasteiger partial charge in [0.15, 0.2) is 0 Å². The van der Waals surface area contributed by atoms with Crippen molar-refractivity contribution in [1.29, 1.82) is 0 Å². The van der Waals surface area contributed by atoms with Gasteiger partial charge in [0, 0.05) is 30.5 Å². The summed E-state index contributed by atoms with van der Waals surface area (Å²) in [7, 11) is 0. The van der Waals surface area contributed by atoms with Crippen LogP contribution in [0.4, 0.5) is 11.5 Å². The molecule has 0 fully saturated rings. The first-order valence-electron chi connectivity index (χ1n) is 6.12. The number of hydrogen-bond acceptors (Lipinski definition) is 4. The smallest absolute Gasteiger partial charge is 0.144 e. The molecule has 3 rings (SSSR count). The van der Waals surface area contributed by atoms with Crippen molar-refractivity contribution in [2.75, 3.05) is 16.9 Å². The van der Waals surface area contributed by atoms with Crippen molar-refractivity contribution in [2.24, 2.45) is 5.84 Å². The van der Waals surface area contributed by atoms with Crippen molar-refractivity contribution in [3.63, 3.8) is 0 Å². The number of nitrogens with one attached hydrogen (secondary N) is 1. The van der Waals surface area contributed by atoms with Gasteiger partial charge in [-0.3, -0.25) is 0 Å². The van der Waals surface area contributed by atoms with Crippen LogP contribution in [0.5, 0.6) is 0 Å². The first-order valence-corrected chi connectivity index (χ1v) is 6.12. The first-order chi connectivity index (χ1) is 8.88. The van der Waals surface area contributed by atoms with Gasteiger partial charge in [0.05, 0.1) is 0 Å². The van der Waals surface area contributed by atoms with Crippen LogP contribution < -0.4 is 16.2 Å². The minimum Gasteiger partial charge on any atom is -0.367 e. The molecule has 0 spiro atoms. The number of rotatable bonds is 3. The number of nitrogens with zero attached hydrogens (tertiary/aromatic N) is 2. The van der Waals surface area contributed by atoms with Gasteiger partial charge in [-0.1, -0.05) is 24.3 Å². The van der Waals surface area contributed by atoms with E-state index < -0.39 is 0 Å². The molecular formula is C14H16N4. The summed E-state index contributed by atoms with van der Waals surface area (Å²) in [5, 5.41) is 0. The first kappa shape index (κ1) is 11.0. The van der Waals surface area contributed by atoms with E-state index in [0.717, 1.165) is 30.9 Å². The molecule has 4 nitrogen and oxygen atoms in total. The van der Waals surface area contributed by atoms with Crippen molar-refractivity contribution in [1.82, 2.24) is 4.98 Å². The molecule has 1 aromatic heterocycles. The summed E-state index contributed by atoms with van der Waals surface area (Å²) >= 11 is 0. The molecule has 18 heavy (non-hydrogen) atoms. The fourth-order valence-corrected chi connectivity index (χ4v) is 2.47. The summed E-state index contributed by atoms with van der Waals surface area (Å²) in [6, 6.07) is 12.6. The van der Waals surface area contributed by atoms with Gasteiger partial charge in [-0.25, -0.2) is 10.8 Å². The molecule has 0 aliphatic carbocycles. The number of pyridine rings is 1. The number of benzene rings is 1. The average Bonchev–Trinajstić information content (AvgIpc) is 2.83. The Morgan fingerprint density at radius 2 is 2.11 bits per heavy atom. The molecule has 0 atom stereocenters. The minimum atomic E-state index is 0.752. The largest absolute Gasteiger partial charge is 0.367 e. The fourth-order valence-electron chi connectivity index (χ4n) is 2.47. The predicted molar refractivity (Wildman–Crippen MR) is 73.2 cm³/mol. The molecule has 0 amide bonds. The molecule has 1 aliphatic heterocycles. The summed E-state index contributed by atoms with van der Waals surface area (Å²) in [6.07, 6.45) is 2.86. The van der Waals surface area contributed by atoms with Crippen molar-refractivity contribution >= 4 is 11.5 Å². The van der Waals surface area contributed by atoms with E-state index in [4.69, 9.17) is 5.84 Å². The summed E-state index contributed by atoms with van der Waals surface area (Å²) in [4.78, 5) is 6.60. The lowest BCUT2D eigenvalue weighted by atomic mass is 10.2. The number of nitrogens with two attached hydrogens (primary N) is 1. The normalized spacial score (nSPS) is 13.5. The molecule has 2 heterocycles. The molecule has 1 aliphatic rings. The van der Waals surface area contributed by atoms with E-state index in [0.29, 0.717) is 0 Å². The van der Waals surface area contributed by atoms with Gasteiger partial charge in [-0.05, 0) is 24.1 Å². The van der Waals surface area contributed by atoms with Crippen LogP contribution in [-0.4, -0.2) is 11.5 Å². The predicted octanol–water partition coefficient (Wildman–Crippen LogP) is 1.93. The Labute approximate surface area is 106 Å². The van der Waals surface area contributed by atoms with E-state index in [1.54, 1.807) is 6.20 Å². The van der Waals surface area contributed by atoms with E-state index in [1.807, 2.05) is 6.07 Å². The second-order valence-corrected chi connectivity index (χ2v) is 4.46. The Kier molecular flexibility index (Phi) is 2.86. The Bertz CT molecular complexity index is 553. The summed E-state index contributed by atoms with van der Waals surface area (Å²) < 4.78 is 0. The van der Waals surface area contributed by atoms with E-state index >= 15 is 0 Å². The zero-order chi connectivity index (χ0) is 12.4.